The summed E-state index contributed by atoms with van der Waals surface area (Å²) >= 11 is 0. The quantitative estimate of drug-likeness (QED) is 0.209. The molecule has 0 amide bonds. The summed E-state index contributed by atoms with van der Waals surface area (Å²) < 4.78 is 5.03. The van der Waals surface area contributed by atoms with Crippen LogP contribution >= 0.6 is 16.3 Å². The molecular weight excluding hydrogens is 476 g/mol. The highest BCUT2D eigenvalue weighted by atomic mass is 31.2. The lowest BCUT2D eigenvalue weighted by atomic mass is 10.1. The fraction of sp³-hybridized carbons (Fsp3) is 0.129. The molecule has 0 fully saturated rings. The van der Waals surface area contributed by atoms with Gasteiger partial charge in [-0.1, -0.05) is 121 Å². The molecule has 0 radical (unpaired) electrons. The molecular formula is C31H31N3P2. The molecule has 0 N–H and O–H groups in total. The van der Waals surface area contributed by atoms with Crippen LogP contribution < -0.4 is 15.9 Å². The van der Waals surface area contributed by atoms with E-state index in [0.717, 1.165) is 5.69 Å². The average molecular weight is 508 g/mol. The second-order valence-corrected chi connectivity index (χ2v) is 13.1. The predicted octanol–water partition coefficient (Wildman–Crippen LogP) is 7.10. The molecule has 5 rings (SSSR count). The molecule has 0 spiro atoms. The molecule has 1 aromatic heterocycles. The van der Waals surface area contributed by atoms with E-state index in [0.29, 0.717) is 0 Å². The first-order valence-electron chi connectivity index (χ1n) is 12.3. The molecule has 36 heavy (non-hydrogen) atoms. The summed E-state index contributed by atoms with van der Waals surface area (Å²) in [5.41, 5.74) is 3.54. The Bertz CT molecular complexity index is 1330. The lowest BCUT2D eigenvalue weighted by Crippen LogP contribution is -2.32. The van der Waals surface area contributed by atoms with Gasteiger partial charge in [0.15, 0.2) is 0 Å². The fourth-order valence-corrected chi connectivity index (χ4v) is 10.6. The zero-order chi connectivity index (χ0) is 24.9. The Labute approximate surface area is 217 Å². The van der Waals surface area contributed by atoms with E-state index in [4.69, 9.17) is 5.10 Å². The van der Waals surface area contributed by atoms with Crippen LogP contribution in [0.15, 0.2) is 127 Å². The number of hydrogen-bond donors (Lipinski definition) is 0. The molecule has 4 aromatic carbocycles. The van der Waals surface area contributed by atoms with E-state index >= 15 is 0 Å². The van der Waals surface area contributed by atoms with Crippen LogP contribution in [0.1, 0.15) is 29.9 Å². The number of hydrogen-bond acceptors (Lipinski definition) is 2. The van der Waals surface area contributed by atoms with Gasteiger partial charge in [0.1, 0.15) is 8.22 Å². The van der Waals surface area contributed by atoms with E-state index in [2.05, 4.69) is 157 Å². The van der Waals surface area contributed by atoms with Crippen molar-refractivity contribution in [3.8, 4) is 0 Å². The van der Waals surface area contributed by atoms with Crippen LogP contribution in [0.5, 0.6) is 0 Å². The normalized spacial score (nSPS) is 13.1. The van der Waals surface area contributed by atoms with E-state index in [1.165, 1.54) is 27.2 Å². The Hall–Kier alpha value is -3.09. The first-order chi connectivity index (χ1) is 17.6. The summed E-state index contributed by atoms with van der Waals surface area (Å²) in [6, 6.07) is 46.1. The van der Waals surface area contributed by atoms with E-state index in [9.17, 15) is 0 Å². The minimum Gasteiger partial charge on any atom is -0.229 e. The molecule has 1 heterocycles. The number of benzene rings is 4. The Morgan fingerprint density at radius 3 is 1.53 bits per heavy atom. The van der Waals surface area contributed by atoms with Gasteiger partial charge in [-0.2, -0.15) is 5.10 Å². The third-order valence-electron chi connectivity index (χ3n) is 6.18. The van der Waals surface area contributed by atoms with Crippen LogP contribution in [-0.4, -0.2) is 14.0 Å². The molecule has 0 aliphatic rings. The van der Waals surface area contributed by atoms with Gasteiger partial charge in [-0.05, 0) is 43.0 Å². The standard InChI is InChI=1S/C31H31N3P2/c1-25-24-26(2)33(32-25)36(31-22-14-7-15-23-31)34(27(3)28-16-8-4-9-17-28)35(29-18-10-5-11-19-29)30-20-12-6-13-21-30/h4-24,27H,1-3H3. The van der Waals surface area contributed by atoms with Crippen LogP contribution in [-0.2, 0) is 0 Å². The summed E-state index contributed by atoms with van der Waals surface area (Å²) in [7, 11) is -1.86. The minimum atomic E-state index is -0.996. The number of rotatable bonds is 8. The topological polar surface area (TPSA) is 21.1 Å². The predicted molar refractivity (Wildman–Crippen MR) is 156 cm³/mol. The van der Waals surface area contributed by atoms with Gasteiger partial charge in [0.05, 0.1) is 5.69 Å². The highest BCUT2D eigenvalue weighted by Crippen LogP contribution is 2.60. The van der Waals surface area contributed by atoms with Crippen LogP contribution in [0.25, 0.3) is 0 Å². The molecule has 180 valence electrons. The molecule has 0 saturated carbocycles. The van der Waals surface area contributed by atoms with Crippen molar-refractivity contribution in [3.05, 3.63) is 144 Å². The summed E-state index contributed by atoms with van der Waals surface area (Å²) in [5.74, 6) is 0. The van der Waals surface area contributed by atoms with E-state index in [-0.39, 0.29) is 6.04 Å². The van der Waals surface area contributed by atoms with Crippen molar-refractivity contribution in [2.24, 2.45) is 0 Å². The van der Waals surface area contributed by atoms with Crippen molar-refractivity contribution >= 4 is 32.2 Å². The molecule has 3 nitrogen and oxygen atoms in total. The smallest absolute Gasteiger partial charge is 0.128 e. The van der Waals surface area contributed by atoms with Crippen LogP contribution in [0.2, 0.25) is 0 Å². The Morgan fingerprint density at radius 1 is 0.639 bits per heavy atom. The van der Waals surface area contributed by atoms with Crippen molar-refractivity contribution in [2.75, 3.05) is 0 Å². The van der Waals surface area contributed by atoms with Gasteiger partial charge in [0.2, 0.25) is 0 Å². The minimum absolute atomic E-state index is 0.160. The first kappa shape index (κ1) is 24.6. The highest BCUT2D eigenvalue weighted by molar-refractivity contribution is 7.81. The fourth-order valence-electron chi connectivity index (χ4n) is 4.50. The van der Waals surface area contributed by atoms with Crippen LogP contribution in [0.4, 0.5) is 0 Å². The van der Waals surface area contributed by atoms with Gasteiger partial charge in [0.25, 0.3) is 0 Å². The summed E-state index contributed by atoms with van der Waals surface area (Å²) in [5, 5.41) is 9.04. The van der Waals surface area contributed by atoms with Crippen molar-refractivity contribution in [2.45, 2.75) is 26.8 Å². The monoisotopic (exact) mass is 507 g/mol. The van der Waals surface area contributed by atoms with E-state index in [1.54, 1.807) is 0 Å². The molecule has 0 aliphatic heterocycles. The van der Waals surface area contributed by atoms with Gasteiger partial charge in [0, 0.05) is 25.1 Å². The van der Waals surface area contributed by atoms with Crippen LogP contribution in [0, 0.1) is 13.8 Å². The lowest BCUT2D eigenvalue weighted by Gasteiger charge is -2.42. The lowest BCUT2D eigenvalue weighted by molar-refractivity contribution is 0.554. The number of aromatic nitrogens is 2. The largest absolute Gasteiger partial charge is 0.229 e. The Balaban J connectivity index is 1.80. The highest BCUT2D eigenvalue weighted by Gasteiger charge is 2.37. The van der Waals surface area contributed by atoms with Gasteiger partial charge in [-0.25, -0.2) is 8.89 Å². The SMILES string of the molecule is Cc1cc(C)n(P(c2ccccc2)N(C(C)c2ccccc2)P(c2ccccc2)c2ccccc2)n1. The third kappa shape index (κ3) is 5.20. The molecule has 5 heteroatoms. The maximum Gasteiger partial charge on any atom is 0.128 e. The number of nitrogens with zero attached hydrogens (tertiary/aromatic N) is 3. The van der Waals surface area contributed by atoms with Crippen molar-refractivity contribution < 1.29 is 0 Å². The maximum atomic E-state index is 5.07. The first-order valence-corrected chi connectivity index (χ1v) is 14.8. The maximum absolute atomic E-state index is 5.07. The Morgan fingerprint density at radius 2 is 1.08 bits per heavy atom. The van der Waals surface area contributed by atoms with Crippen molar-refractivity contribution in [1.82, 2.24) is 14.0 Å². The molecule has 0 aliphatic carbocycles. The molecule has 2 atom stereocenters. The van der Waals surface area contributed by atoms with E-state index < -0.39 is 16.3 Å². The molecule has 5 aromatic rings. The second kappa shape index (κ2) is 11.3. The molecule has 0 bridgehead atoms. The number of aryl methyl sites for hydroxylation is 2. The molecule has 0 saturated heterocycles. The summed E-state index contributed by atoms with van der Waals surface area (Å²) in [6.07, 6.45) is 0. The van der Waals surface area contributed by atoms with E-state index in [1.807, 2.05) is 0 Å². The van der Waals surface area contributed by atoms with Gasteiger partial charge < -0.3 is 0 Å². The zero-order valence-electron chi connectivity index (χ0n) is 20.9. The van der Waals surface area contributed by atoms with Gasteiger partial charge in [-0.3, -0.25) is 0 Å². The van der Waals surface area contributed by atoms with Gasteiger partial charge >= 0.3 is 0 Å². The zero-order valence-corrected chi connectivity index (χ0v) is 22.7. The summed E-state index contributed by atoms with van der Waals surface area (Å²) in [6.45, 7) is 6.61. The van der Waals surface area contributed by atoms with Crippen LogP contribution in [0.3, 0.4) is 0 Å². The average Bonchev–Trinajstić information content (AvgIpc) is 3.27. The van der Waals surface area contributed by atoms with Crippen molar-refractivity contribution in [1.29, 1.82) is 0 Å². The van der Waals surface area contributed by atoms with Gasteiger partial charge in [-0.15, -0.1) is 0 Å². The Kier molecular flexibility index (Phi) is 7.73. The molecule has 2 unspecified atom stereocenters. The van der Waals surface area contributed by atoms with Crippen molar-refractivity contribution in [3.63, 3.8) is 0 Å². The second-order valence-electron chi connectivity index (χ2n) is 8.83. The third-order valence-corrected chi connectivity index (χ3v) is 11.8. The summed E-state index contributed by atoms with van der Waals surface area (Å²) in [4.78, 5) is 0.